The van der Waals surface area contributed by atoms with E-state index in [1.165, 1.54) is 37.7 Å². The van der Waals surface area contributed by atoms with Crippen molar-refractivity contribution < 1.29 is 4.74 Å². The van der Waals surface area contributed by atoms with Gasteiger partial charge in [-0.3, -0.25) is 4.98 Å². The topological polar surface area (TPSA) is 22.1 Å². The Morgan fingerprint density at radius 3 is 2.50 bits per heavy atom. The fraction of sp³-hybridized carbons (Fsp3) is 0.688. The standard InChI is InChI=1S/C16H27NO/c1-4-5-6-7-8-9-10-18-16-11-15(14(2)3)12-17-13-16/h11-14H,4-10H2,1-3H3. The molecule has 2 nitrogen and oxygen atoms in total. The van der Waals surface area contributed by atoms with E-state index in [0.717, 1.165) is 18.8 Å². The van der Waals surface area contributed by atoms with Crippen LogP contribution in [0.25, 0.3) is 0 Å². The third-order valence-electron chi connectivity index (χ3n) is 3.17. The monoisotopic (exact) mass is 249 g/mol. The van der Waals surface area contributed by atoms with E-state index in [1.54, 1.807) is 0 Å². The lowest BCUT2D eigenvalue weighted by Gasteiger charge is -2.09. The van der Waals surface area contributed by atoms with Crippen LogP contribution in [0.5, 0.6) is 5.75 Å². The molecule has 0 aliphatic carbocycles. The van der Waals surface area contributed by atoms with Crippen molar-refractivity contribution >= 4 is 0 Å². The Balaban J connectivity index is 2.17. The number of ether oxygens (including phenoxy) is 1. The molecule has 0 saturated carbocycles. The van der Waals surface area contributed by atoms with Crippen LogP contribution in [0.3, 0.4) is 0 Å². The van der Waals surface area contributed by atoms with Crippen LogP contribution in [-0.4, -0.2) is 11.6 Å². The molecule has 18 heavy (non-hydrogen) atoms. The van der Waals surface area contributed by atoms with Crippen molar-refractivity contribution in [3.8, 4) is 5.75 Å². The second-order valence-corrected chi connectivity index (χ2v) is 5.22. The summed E-state index contributed by atoms with van der Waals surface area (Å²) in [5.74, 6) is 1.42. The van der Waals surface area contributed by atoms with Gasteiger partial charge in [0, 0.05) is 6.20 Å². The molecule has 0 fully saturated rings. The van der Waals surface area contributed by atoms with E-state index in [-0.39, 0.29) is 0 Å². The molecule has 0 atom stereocenters. The second-order valence-electron chi connectivity index (χ2n) is 5.22. The Morgan fingerprint density at radius 2 is 1.78 bits per heavy atom. The lowest BCUT2D eigenvalue weighted by atomic mass is 10.1. The van der Waals surface area contributed by atoms with Crippen molar-refractivity contribution in [3.63, 3.8) is 0 Å². The number of rotatable bonds is 9. The van der Waals surface area contributed by atoms with Gasteiger partial charge in [-0.05, 0) is 24.0 Å². The highest BCUT2D eigenvalue weighted by Crippen LogP contribution is 2.18. The molecule has 0 radical (unpaired) electrons. The minimum absolute atomic E-state index is 0.509. The molecule has 0 spiro atoms. The third kappa shape index (κ3) is 6.04. The van der Waals surface area contributed by atoms with Crippen molar-refractivity contribution in [2.75, 3.05) is 6.61 Å². The summed E-state index contributed by atoms with van der Waals surface area (Å²) in [6.07, 6.45) is 11.5. The molecule has 1 aromatic heterocycles. The average Bonchev–Trinajstić information content (AvgIpc) is 2.38. The molecule has 1 rings (SSSR count). The van der Waals surface area contributed by atoms with E-state index < -0.39 is 0 Å². The van der Waals surface area contributed by atoms with E-state index in [1.807, 2.05) is 12.4 Å². The Hall–Kier alpha value is -1.05. The van der Waals surface area contributed by atoms with Gasteiger partial charge in [-0.25, -0.2) is 0 Å². The summed E-state index contributed by atoms with van der Waals surface area (Å²) in [5, 5.41) is 0. The van der Waals surface area contributed by atoms with Crippen LogP contribution >= 0.6 is 0 Å². The average molecular weight is 249 g/mol. The fourth-order valence-corrected chi connectivity index (χ4v) is 1.90. The molecule has 0 N–H and O–H groups in total. The minimum Gasteiger partial charge on any atom is -0.492 e. The van der Waals surface area contributed by atoms with Crippen LogP contribution < -0.4 is 4.74 Å². The first-order valence-corrected chi connectivity index (χ1v) is 7.31. The summed E-state index contributed by atoms with van der Waals surface area (Å²) in [7, 11) is 0. The van der Waals surface area contributed by atoms with Gasteiger partial charge in [0.25, 0.3) is 0 Å². The number of unbranched alkanes of at least 4 members (excludes halogenated alkanes) is 5. The van der Waals surface area contributed by atoms with Crippen LogP contribution in [-0.2, 0) is 0 Å². The smallest absolute Gasteiger partial charge is 0.137 e. The highest BCUT2D eigenvalue weighted by Gasteiger charge is 2.01. The molecule has 2 heteroatoms. The largest absolute Gasteiger partial charge is 0.492 e. The maximum absolute atomic E-state index is 5.74. The zero-order valence-corrected chi connectivity index (χ0v) is 12.1. The van der Waals surface area contributed by atoms with Crippen LogP contribution in [0.4, 0.5) is 0 Å². The van der Waals surface area contributed by atoms with E-state index in [0.29, 0.717) is 5.92 Å². The fourth-order valence-electron chi connectivity index (χ4n) is 1.90. The highest BCUT2D eigenvalue weighted by atomic mass is 16.5. The molecule has 0 aliphatic rings. The molecular weight excluding hydrogens is 222 g/mol. The number of pyridine rings is 1. The summed E-state index contributed by atoms with van der Waals surface area (Å²) in [5.41, 5.74) is 1.25. The van der Waals surface area contributed by atoms with Crippen molar-refractivity contribution in [1.29, 1.82) is 0 Å². The van der Waals surface area contributed by atoms with Gasteiger partial charge in [-0.2, -0.15) is 0 Å². The molecule has 0 aliphatic heterocycles. The third-order valence-corrected chi connectivity index (χ3v) is 3.17. The first kappa shape index (κ1) is 15.0. The van der Waals surface area contributed by atoms with Crippen molar-refractivity contribution in [2.45, 2.75) is 65.2 Å². The molecule has 1 heterocycles. The van der Waals surface area contributed by atoms with Gasteiger partial charge in [0.1, 0.15) is 5.75 Å². The van der Waals surface area contributed by atoms with Crippen molar-refractivity contribution in [1.82, 2.24) is 4.98 Å². The predicted molar refractivity (Wildman–Crippen MR) is 77.2 cm³/mol. The van der Waals surface area contributed by atoms with Gasteiger partial charge < -0.3 is 4.74 Å². The van der Waals surface area contributed by atoms with Gasteiger partial charge in [-0.15, -0.1) is 0 Å². The molecule has 0 amide bonds. The second kappa shape index (κ2) is 8.96. The Kier molecular flexibility index (Phi) is 7.47. The van der Waals surface area contributed by atoms with Gasteiger partial charge in [-0.1, -0.05) is 52.9 Å². The minimum atomic E-state index is 0.509. The van der Waals surface area contributed by atoms with Gasteiger partial charge in [0.2, 0.25) is 0 Å². The lowest BCUT2D eigenvalue weighted by Crippen LogP contribution is -1.99. The van der Waals surface area contributed by atoms with E-state index in [4.69, 9.17) is 4.74 Å². The summed E-state index contributed by atoms with van der Waals surface area (Å²) in [4.78, 5) is 4.22. The van der Waals surface area contributed by atoms with E-state index in [2.05, 4.69) is 31.8 Å². The highest BCUT2D eigenvalue weighted by molar-refractivity contribution is 5.25. The summed E-state index contributed by atoms with van der Waals surface area (Å²) in [6.45, 7) is 7.41. The molecule has 102 valence electrons. The summed E-state index contributed by atoms with van der Waals surface area (Å²) in [6, 6.07) is 2.11. The zero-order chi connectivity index (χ0) is 13.2. The number of hydrogen-bond acceptors (Lipinski definition) is 2. The maximum atomic E-state index is 5.74. The van der Waals surface area contributed by atoms with Crippen LogP contribution in [0.15, 0.2) is 18.5 Å². The zero-order valence-electron chi connectivity index (χ0n) is 12.1. The molecule has 0 saturated heterocycles. The Bertz CT molecular complexity index is 323. The first-order chi connectivity index (χ1) is 8.74. The number of nitrogens with zero attached hydrogens (tertiary/aromatic N) is 1. The first-order valence-electron chi connectivity index (χ1n) is 7.31. The van der Waals surface area contributed by atoms with E-state index in [9.17, 15) is 0 Å². The van der Waals surface area contributed by atoms with Gasteiger partial charge >= 0.3 is 0 Å². The molecule has 1 aromatic rings. The number of aromatic nitrogens is 1. The van der Waals surface area contributed by atoms with Gasteiger partial charge in [0.15, 0.2) is 0 Å². The lowest BCUT2D eigenvalue weighted by molar-refractivity contribution is 0.303. The molecule has 0 unspecified atom stereocenters. The normalized spacial score (nSPS) is 10.9. The summed E-state index contributed by atoms with van der Waals surface area (Å²) < 4.78 is 5.74. The maximum Gasteiger partial charge on any atom is 0.137 e. The van der Waals surface area contributed by atoms with Crippen LogP contribution in [0, 0.1) is 0 Å². The Labute approximate surface area is 112 Å². The Morgan fingerprint density at radius 1 is 1.06 bits per heavy atom. The summed E-state index contributed by atoms with van der Waals surface area (Å²) >= 11 is 0. The van der Waals surface area contributed by atoms with Gasteiger partial charge in [0.05, 0.1) is 12.8 Å². The van der Waals surface area contributed by atoms with Crippen LogP contribution in [0.2, 0.25) is 0 Å². The van der Waals surface area contributed by atoms with Crippen molar-refractivity contribution in [3.05, 3.63) is 24.0 Å². The molecule has 0 aromatic carbocycles. The quantitative estimate of drug-likeness (QED) is 0.578. The van der Waals surface area contributed by atoms with Crippen molar-refractivity contribution in [2.24, 2.45) is 0 Å². The SMILES string of the molecule is CCCCCCCCOc1cncc(C(C)C)c1. The molecule has 0 bridgehead atoms. The molecular formula is C16H27NO. The van der Waals surface area contributed by atoms with Crippen LogP contribution in [0.1, 0.15) is 70.8 Å². The predicted octanol–water partition coefficient (Wildman–Crippen LogP) is 4.94. The van der Waals surface area contributed by atoms with E-state index >= 15 is 0 Å². The number of hydrogen-bond donors (Lipinski definition) is 0.